The first kappa shape index (κ1) is 11.7. The Kier molecular flexibility index (Phi) is 2.92. The Morgan fingerprint density at radius 3 is 2.35 bits per heavy atom. The van der Waals surface area contributed by atoms with Crippen LogP contribution in [0.5, 0.6) is 0 Å². The van der Waals surface area contributed by atoms with E-state index in [2.05, 4.69) is 44.1 Å². The lowest BCUT2D eigenvalue weighted by Gasteiger charge is -2.15. The molecule has 0 spiro atoms. The van der Waals surface area contributed by atoms with Gasteiger partial charge in [-0.2, -0.15) is 5.10 Å². The number of aromatic nitrogens is 2. The van der Waals surface area contributed by atoms with Gasteiger partial charge in [0.25, 0.3) is 0 Å². The topological polar surface area (TPSA) is 43.8 Å². The van der Waals surface area contributed by atoms with Crippen molar-refractivity contribution in [3.63, 3.8) is 0 Å². The molecule has 17 heavy (non-hydrogen) atoms. The van der Waals surface area contributed by atoms with E-state index in [-0.39, 0.29) is 6.04 Å². The van der Waals surface area contributed by atoms with Gasteiger partial charge in [-0.05, 0) is 44.4 Å². The van der Waals surface area contributed by atoms with Crippen LogP contribution in [0.15, 0.2) is 24.3 Å². The summed E-state index contributed by atoms with van der Waals surface area (Å²) in [4.78, 5) is 0. The summed E-state index contributed by atoms with van der Waals surface area (Å²) in [5, 5.41) is 4.43. The molecule has 0 saturated heterocycles. The van der Waals surface area contributed by atoms with Crippen molar-refractivity contribution < 1.29 is 0 Å². The minimum absolute atomic E-state index is 0.169. The highest BCUT2D eigenvalue weighted by molar-refractivity contribution is 5.36. The van der Waals surface area contributed by atoms with Crippen LogP contribution in [0.2, 0.25) is 0 Å². The van der Waals surface area contributed by atoms with Crippen molar-refractivity contribution in [2.75, 3.05) is 5.73 Å². The average Bonchev–Trinajstić information content (AvgIpc) is 2.61. The Balaban J connectivity index is 2.40. The van der Waals surface area contributed by atoms with Crippen molar-refractivity contribution >= 4 is 5.82 Å². The van der Waals surface area contributed by atoms with E-state index < -0.39 is 0 Å². The summed E-state index contributed by atoms with van der Waals surface area (Å²) in [5.41, 5.74) is 10.8. The van der Waals surface area contributed by atoms with E-state index in [4.69, 9.17) is 5.73 Å². The summed E-state index contributed by atoms with van der Waals surface area (Å²) < 4.78 is 1.87. The number of nitrogens with two attached hydrogens (primary N) is 1. The largest absolute Gasteiger partial charge is 0.384 e. The number of anilines is 1. The molecule has 2 aromatic rings. The van der Waals surface area contributed by atoms with Crippen LogP contribution >= 0.6 is 0 Å². The van der Waals surface area contributed by atoms with E-state index in [9.17, 15) is 0 Å². The molecule has 1 atom stereocenters. The number of aryl methyl sites for hydroxylation is 3. The molecule has 0 amide bonds. The zero-order valence-electron chi connectivity index (χ0n) is 10.9. The second-order valence-corrected chi connectivity index (χ2v) is 4.67. The predicted molar refractivity (Wildman–Crippen MR) is 71.1 cm³/mol. The Bertz CT molecular complexity index is 540. The number of benzene rings is 1. The smallest absolute Gasteiger partial charge is 0.122 e. The lowest BCUT2D eigenvalue weighted by atomic mass is 10.0. The molecule has 0 radical (unpaired) electrons. The highest BCUT2D eigenvalue weighted by Crippen LogP contribution is 2.23. The summed E-state index contributed by atoms with van der Waals surface area (Å²) in [7, 11) is 0. The van der Waals surface area contributed by atoms with E-state index in [1.54, 1.807) is 0 Å². The fourth-order valence-electron chi connectivity index (χ4n) is 2.01. The standard InChI is InChI=1S/C14H19N3/c1-9-5-6-13(7-10(9)2)12(4)17-14(15)8-11(3)16-17/h5-8,12H,15H2,1-4H3. The predicted octanol–water partition coefficient (Wildman–Crippen LogP) is 3.00. The van der Waals surface area contributed by atoms with Crippen LogP contribution in [-0.4, -0.2) is 9.78 Å². The van der Waals surface area contributed by atoms with Crippen LogP contribution in [0.4, 0.5) is 5.82 Å². The monoisotopic (exact) mass is 229 g/mol. The van der Waals surface area contributed by atoms with Gasteiger partial charge in [0.15, 0.2) is 0 Å². The third-order valence-electron chi connectivity index (χ3n) is 3.27. The molecular formula is C14H19N3. The van der Waals surface area contributed by atoms with Crippen LogP contribution < -0.4 is 5.73 Å². The van der Waals surface area contributed by atoms with E-state index in [1.165, 1.54) is 16.7 Å². The third-order valence-corrected chi connectivity index (χ3v) is 3.27. The lowest BCUT2D eigenvalue weighted by Crippen LogP contribution is -2.11. The van der Waals surface area contributed by atoms with Crippen molar-refractivity contribution in [3.05, 3.63) is 46.6 Å². The fraction of sp³-hybridized carbons (Fsp3) is 0.357. The van der Waals surface area contributed by atoms with Crippen molar-refractivity contribution in [3.8, 4) is 0 Å². The molecule has 0 aliphatic rings. The first-order valence-electron chi connectivity index (χ1n) is 5.88. The Morgan fingerprint density at radius 1 is 1.12 bits per heavy atom. The molecule has 1 aromatic heterocycles. The van der Waals surface area contributed by atoms with Gasteiger partial charge in [0.05, 0.1) is 11.7 Å². The summed E-state index contributed by atoms with van der Waals surface area (Å²) in [6.45, 7) is 8.33. The van der Waals surface area contributed by atoms with Gasteiger partial charge in [0.2, 0.25) is 0 Å². The van der Waals surface area contributed by atoms with Crippen LogP contribution in [0.3, 0.4) is 0 Å². The molecule has 1 aromatic carbocycles. The van der Waals surface area contributed by atoms with E-state index in [0.29, 0.717) is 5.82 Å². The molecule has 0 aliphatic heterocycles. The van der Waals surface area contributed by atoms with Gasteiger partial charge in [-0.15, -0.1) is 0 Å². The minimum Gasteiger partial charge on any atom is -0.384 e. The molecular weight excluding hydrogens is 210 g/mol. The van der Waals surface area contributed by atoms with Crippen molar-refractivity contribution in [2.24, 2.45) is 0 Å². The Morgan fingerprint density at radius 2 is 1.82 bits per heavy atom. The first-order chi connectivity index (χ1) is 7.99. The average molecular weight is 229 g/mol. The van der Waals surface area contributed by atoms with E-state index in [0.717, 1.165) is 5.69 Å². The molecule has 1 unspecified atom stereocenters. The molecule has 1 heterocycles. The van der Waals surface area contributed by atoms with Gasteiger partial charge in [0, 0.05) is 6.07 Å². The van der Waals surface area contributed by atoms with Crippen LogP contribution in [-0.2, 0) is 0 Å². The quantitative estimate of drug-likeness (QED) is 0.860. The molecule has 3 heteroatoms. The van der Waals surface area contributed by atoms with Gasteiger partial charge in [0.1, 0.15) is 5.82 Å². The molecule has 3 nitrogen and oxygen atoms in total. The number of nitrogens with zero attached hydrogens (tertiary/aromatic N) is 2. The zero-order valence-corrected chi connectivity index (χ0v) is 10.9. The van der Waals surface area contributed by atoms with Crippen LogP contribution in [0.1, 0.15) is 35.3 Å². The summed E-state index contributed by atoms with van der Waals surface area (Å²) >= 11 is 0. The highest BCUT2D eigenvalue weighted by Gasteiger charge is 2.12. The molecule has 2 rings (SSSR count). The lowest BCUT2D eigenvalue weighted by molar-refractivity contribution is 0.568. The van der Waals surface area contributed by atoms with Gasteiger partial charge >= 0.3 is 0 Å². The van der Waals surface area contributed by atoms with Gasteiger partial charge in [-0.25, -0.2) is 4.68 Å². The maximum Gasteiger partial charge on any atom is 0.122 e. The molecule has 0 aliphatic carbocycles. The molecule has 0 fully saturated rings. The van der Waals surface area contributed by atoms with Crippen molar-refractivity contribution in [2.45, 2.75) is 33.7 Å². The van der Waals surface area contributed by atoms with Crippen LogP contribution in [0.25, 0.3) is 0 Å². The Labute approximate surface area is 102 Å². The SMILES string of the molecule is Cc1cc(N)n(C(C)c2ccc(C)c(C)c2)n1. The number of rotatable bonds is 2. The molecule has 2 N–H and O–H groups in total. The maximum atomic E-state index is 5.95. The van der Waals surface area contributed by atoms with Crippen molar-refractivity contribution in [1.29, 1.82) is 0 Å². The Hall–Kier alpha value is -1.77. The number of nitrogen functional groups attached to an aromatic ring is 1. The zero-order chi connectivity index (χ0) is 12.6. The normalized spacial score (nSPS) is 12.7. The summed E-state index contributed by atoms with van der Waals surface area (Å²) in [6, 6.07) is 8.56. The number of hydrogen-bond acceptors (Lipinski definition) is 2. The fourth-order valence-corrected chi connectivity index (χ4v) is 2.01. The van der Waals surface area contributed by atoms with Gasteiger partial charge < -0.3 is 5.73 Å². The van der Waals surface area contributed by atoms with Crippen molar-refractivity contribution in [1.82, 2.24) is 9.78 Å². The number of hydrogen-bond donors (Lipinski definition) is 1. The highest BCUT2D eigenvalue weighted by atomic mass is 15.3. The molecule has 0 saturated carbocycles. The van der Waals surface area contributed by atoms with Gasteiger partial charge in [-0.1, -0.05) is 18.2 Å². The third kappa shape index (κ3) is 2.18. The minimum atomic E-state index is 0.169. The summed E-state index contributed by atoms with van der Waals surface area (Å²) in [5.74, 6) is 0.716. The van der Waals surface area contributed by atoms with Gasteiger partial charge in [-0.3, -0.25) is 0 Å². The first-order valence-corrected chi connectivity index (χ1v) is 5.88. The molecule has 90 valence electrons. The summed E-state index contributed by atoms with van der Waals surface area (Å²) in [6.07, 6.45) is 0. The maximum absolute atomic E-state index is 5.95. The second-order valence-electron chi connectivity index (χ2n) is 4.67. The second kappa shape index (κ2) is 4.24. The van der Waals surface area contributed by atoms with E-state index in [1.807, 2.05) is 17.7 Å². The molecule has 0 bridgehead atoms. The van der Waals surface area contributed by atoms with E-state index >= 15 is 0 Å². The van der Waals surface area contributed by atoms with Crippen LogP contribution in [0, 0.1) is 20.8 Å².